The lowest BCUT2D eigenvalue weighted by atomic mass is 9.92. The molecule has 0 aliphatic carbocycles. The zero-order valence-electron chi connectivity index (χ0n) is 41.2. The molecule has 5 nitrogen and oxygen atoms in total. The lowest BCUT2D eigenvalue weighted by Gasteiger charge is -2.25. The summed E-state index contributed by atoms with van der Waals surface area (Å²) in [5.41, 5.74) is 20.1. The van der Waals surface area contributed by atoms with E-state index in [9.17, 15) is 0 Å². The first kappa shape index (κ1) is 44.9. The normalized spacial score (nSPS) is 11.3. The molecule has 13 rings (SSSR count). The van der Waals surface area contributed by atoms with Crippen LogP contribution in [0, 0.1) is 6.92 Å². The second kappa shape index (κ2) is 19.6. The van der Waals surface area contributed by atoms with Crippen LogP contribution in [0.3, 0.4) is 0 Å². The molecule has 5 heteroatoms. The second-order valence-corrected chi connectivity index (χ2v) is 18.9. The molecule has 0 unspecified atom stereocenters. The highest BCUT2D eigenvalue weighted by Gasteiger charge is 2.18. The van der Waals surface area contributed by atoms with Crippen LogP contribution in [0.5, 0.6) is 0 Å². The van der Waals surface area contributed by atoms with Gasteiger partial charge in [-0.3, -0.25) is 0 Å². The molecule has 0 saturated heterocycles. The van der Waals surface area contributed by atoms with Crippen molar-refractivity contribution in [2.45, 2.75) is 6.92 Å². The molecule has 0 fully saturated rings. The molecule has 13 aromatic rings. The standard InChI is InChI=1S/C70H48N4O/c1-47-33-37-61(38-34-47)74(60-29-9-4-10-30-60)62-39-35-48(36-40-62)51-21-13-26-56(41-51)59-45-64(67-65(46-59)63-31-11-12-32-66(63)75-67)57-27-15-24-54(43-57)52-22-14-23-53(42-52)55-25-16-28-58(44-55)70-72-68(49-17-5-2-6-18-49)71-69(73-70)50-19-7-3-8-20-50/h2-46H,1H3. The van der Waals surface area contributed by atoms with Gasteiger partial charge in [0.05, 0.1) is 0 Å². The molecule has 0 radical (unpaired) electrons. The molecule has 0 saturated carbocycles. The highest BCUT2D eigenvalue weighted by atomic mass is 16.3. The predicted octanol–water partition coefficient (Wildman–Crippen LogP) is 18.9. The highest BCUT2D eigenvalue weighted by molar-refractivity contribution is 6.11. The first-order valence-corrected chi connectivity index (χ1v) is 25.3. The summed E-state index contributed by atoms with van der Waals surface area (Å²) < 4.78 is 6.74. The van der Waals surface area contributed by atoms with Crippen molar-refractivity contribution in [3.05, 3.63) is 279 Å². The fourth-order valence-electron chi connectivity index (χ4n) is 10.1. The number of benzene rings is 11. The van der Waals surface area contributed by atoms with E-state index in [1.807, 2.05) is 66.7 Å². The molecule has 0 N–H and O–H groups in total. The minimum absolute atomic E-state index is 0.623. The first-order chi connectivity index (χ1) is 37.0. The lowest BCUT2D eigenvalue weighted by molar-refractivity contribution is 0.670. The van der Waals surface area contributed by atoms with Crippen molar-refractivity contribution < 1.29 is 4.42 Å². The monoisotopic (exact) mass is 960 g/mol. The van der Waals surface area contributed by atoms with Gasteiger partial charge in [0.2, 0.25) is 0 Å². The van der Waals surface area contributed by atoms with E-state index in [1.165, 1.54) is 5.56 Å². The number of furan rings is 1. The van der Waals surface area contributed by atoms with Crippen molar-refractivity contribution in [2.75, 3.05) is 4.90 Å². The summed E-state index contributed by atoms with van der Waals surface area (Å²) in [5.74, 6) is 1.90. The third kappa shape index (κ3) is 9.05. The minimum atomic E-state index is 0.623. The number of aromatic nitrogens is 3. The van der Waals surface area contributed by atoms with E-state index in [4.69, 9.17) is 19.4 Å². The number of hydrogen-bond donors (Lipinski definition) is 0. The van der Waals surface area contributed by atoms with E-state index < -0.39 is 0 Å². The molecule has 0 spiro atoms. The van der Waals surface area contributed by atoms with Crippen molar-refractivity contribution in [1.29, 1.82) is 0 Å². The number of fused-ring (bicyclic) bond motifs is 3. The van der Waals surface area contributed by atoms with E-state index in [-0.39, 0.29) is 0 Å². The molecule has 0 amide bonds. The molecule has 0 atom stereocenters. The quantitative estimate of drug-likeness (QED) is 0.129. The maximum Gasteiger partial charge on any atom is 0.164 e. The molecule has 0 bridgehead atoms. The summed E-state index contributed by atoms with van der Waals surface area (Å²) in [7, 11) is 0. The van der Waals surface area contributed by atoms with Gasteiger partial charge in [-0.05, 0) is 136 Å². The van der Waals surface area contributed by atoms with Gasteiger partial charge in [-0.15, -0.1) is 0 Å². The van der Waals surface area contributed by atoms with Gasteiger partial charge in [0.25, 0.3) is 0 Å². The smallest absolute Gasteiger partial charge is 0.164 e. The van der Waals surface area contributed by atoms with Crippen molar-refractivity contribution in [2.24, 2.45) is 0 Å². The Morgan fingerprint density at radius 1 is 0.280 bits per heavy atom. The van der Waals surface area contributed by atoms with E-state index in [0.717, 1.165) is 111 Å². The van der Waals surface area contributed by atoms with Crippen molar-refractivity contribution in [3.8, 4) is 89.8 Å². The molecule has 75 heavy (non-hydrogen) atoms. The van der Waals surface area contributed by atoms with Crippen LogP contribution in [0.2, 0.25) is 0 Å². The number of para-hydroxylation sites is 2. The van der Waals surface area contributed by atoms with Crippen LogP contribution in [0.1, 0.15) is 5.56 Å². The van der Waals surface area contributed by atoms with Gasteiger partial charge in [-0.1, -0.05) is 200 Å². The molecule has 2 aromatic heterocycles. The summed E-state index contributed by atoms with van der Waals surface area (Å²) in [6.07, 6.45) is 0. The van der Waals surface area contributed by atoms with Crippen LogP contribution >= 0.6 is 0 Å². The highest BCUT2D eigenvalue weighted by Crippen LogP contribution is 2.42. The summed E-state index contributed by atoms with van der Waals surface area (Å²) in [6, 6.07) is 96.2. The number of anilines is 3. The van der Waals surface area contributed by atoms with Gasteiger partial charge in [0.1, 0.15) is 11.2 Å². The van der Waals surface area contributed by atoms with Crippen LogP contribution in [-0.2, 0) is 0 Å². The van der Waals surface area contributed by atoms with Crippen LogP contribution in [0.15, 0.2) is 277 Å². The molecule has 11 aromatic carbocycles. The molecule has 2 heterocycles. The summed E-state index contributed by atoms with van der Waals surface area (Å²) in [4.78, 5) is 17.2. The van der Waals surface area contributed by atoms with Gasteiger partial charge in [0, 0.05) is 50.1 Å². The van der Waals surface area contributed by atoms with Crippen LogP contribution in [0.25, 0.3) is 112 Å². The average Bonchev–Trinajstić information content (AvgIpc) is 3.88. The van der Waals surface area contributed by atoms with E-state index in [0.29, 0.717) is 17.5 Å². The Balaban J connectivity index is 0.842. The number of nitrogens with zero attached hydrogens (tertiary/aromatic N) is 4. The molecule has 354 valence electrons. The Morgan fingerprint density at radius 3 is 1.25 bits per heavy atom. The number of hydrogen-bond acceptors (Lipinski definition) is 5. The minimum Gasteiger partial charge on any atom is -0.455 e. The largest absolute Gasteiger partial charge is 0.455 e. The van der Waals surface area contributed by atoms with E-state index in [1.54, 1.807) is 0 Å². The maximum atomic E-state index is 6.74. The van der Waals surface area contributed by atoms with E-state index in [2.05, 4.69) is 218 Å². The van der Waals surface area contributed by atoms with Crippen molar-refractivity contribution >= 4 is 39.0 Å². The van der Waals surface area contributed by atoms with Crippen LogP contribution < -0.4 is 4.90 Å². The second-order valence-electron chi connectivity index (χ2n) is 18.9. The molecule has 0 aliphatic heterocycles. The summed E-state index contributed by atoms with van der Waals surface area (Å²) in [5, 5.41) is 2.18. The van der Waals surface area contributed by atoms with Crippen molar-refractivity contribution in [3.63, 3.8) is 0 Å². The summed E-state index contributed by atoms with van der Waals surface area (Å²) in [6.45, 7) is 2.12. The molecule has 0 aliphatic rings. The van der Waals surface area contributed by atoms with Gasteiger partial charge in [0.15, 0.2) is 17.5 Å². The third-order valence-electron chi connectivity index (χ3n) is 14.0. The van der Waals surface area contributed by atoms with Gasteiger partial charge in [-0.25, -0.2) is 15.0 Å². The summed E-state index contributed by atoms with van der Waals surface area (Å²) >= 11 is 0. The Kier molecular flexibility index (Phi) is 11.7. The van der Waals surface area contributed by atoms with Crippen LogP contribution in [0.4, 0.5) is 17.1 Å². The lowest BCUT2D eigenvalue weighted by Crippen LogP contribution is -2.09. The Labute approximate surface area is 436 Å². The molecular weight excluding hydrogens is 913 g/mol. The fourth-order valence-corrected chi connectivity index (χ4v) is 10.1. The van der Waals surface area contributed by atoms with Gasteiger partial charge in [-0.2, -0.15) is 0 Å². The topological polar surface area (TPSA) is 55.1 Å². The average molecular weight is 961 g/mol. The Hall–Kier alpha value is -9.97. The zero-order valence-corrected chi connectivity index (χ0v) is 41.2. The van der Waals surface area contributed by atoms with Crippen LogP contribution in [-0.4, -0.2) is 15.0 Å². The fraction of sp³-hybridized carbons (Fsp3) is 0.0143. The molecular formula is C70H48N4O. The predicted molar refractivity (Wildman–Crippen MR) is 310 cm³/mol. The van der Waals surface area contributed by atoms with E-state index >= 15 is 0 Å². The zero-order chi connectivity index (χ0) is 50.1. The SMILES string of the molecule is Cc1ccc(N(c2ccccc2)c2ccc(-c3cccc(-c4cc(-c5cccc(-c6cccc(-c7cccc(-c8nc(-c9ccccc9)nc(-c9ccccc9)n8)c7)c6)c5)c5oc6ccccc6c5c4)c3)cc2)cc1. The van der Waals surface area contributed by atoms with Gasteiger partial charge < -0.3 is 9.32 Å². The van der Waals surface area contributed by atoms with Gasteiger partial charge >= 0.3 is 0 Å². The maximum absolute atomic E-state index is 6.74. The number of aryl methyl sites for hydroxylation is 1. The Morgan fingerprint density at radius 2 is 0.680 bits per heavy atom. The number of rotatable bonds is 11. The Bertz CT molecular complexity index is 4110. The van der Waals surface area contributed by atoms with Crippen molar-refractivity contribution in [1.82, 2.24) is 15.0 Å². The third-order valence-corrected chi connectivity index (χ3v) is 14.0. The first-order valence-electron chi connectivity index (χ1n) is 25.3.